The Kier molecular flexibility index (Phi) is 4.22. The van der Waals surface area contributed by atoms with Gasteiger partial charge in [-0.2, -0.15) is 5.10 Å². The van der Waals surface area contributed by atoms with Crippen LogP contribution in [0.1, 0.15) is 31.0 Å². The van der Waals surface area contributed by atoms with Crippen LogP contribution in [0, 0.1) is 0 Å². The summed E-state index contributed by atoms with van der Waals surface area (Å²) < 4.78 is 5.56. The summed E-state index contributed by atoms with van der Waals surface area (Å²) >= 11 is 1.64. The smallest absolute Gasteiger partial charge is 0.115 e. The van der Waals surface area contributed by atoms with Gasteiger partial charge in [-0.05, 0) is 50.6 Å². The van der Waals surface area contributed by atoms with E-state index in [9.17, 15) is 0 Å². The van der Waals surface area contributed by atoms with Gasteiger partial charge >= 0.3 is 0 Å². The van der Waals surface area contributed by atoms with Crippen LogP contribution in [0.2, 0.25) is 0 Å². The molecule has 1 N–H and O–H groups in total. The van der Waals surface area contributed by atoms with E-state index in [1.165, 1.54) is 16.8 Å². The summed E-state index contributed by atoms with van der Waals surface area (Å²) in [4.78, 5) is 2.37. The highest BCUT2D eigenvalue weighted by molar-refractivity contribution is 8.00. The summed E-state index contributed by atoms with van der Waals surface area (Å²) in [5.41, 5.74) is 4.12. The molecule has 1 aromatic carbocycles. The highest BCUT2D eigenvalue weighted by Gasteiger charge is 2.16. The molecule has 0 atom stereocenters. The van der Waals surface area contributed by atoms with Crippen LogP contribution in [-0.4, -0.2) is 28.3 Å². The molecule has 0 aliphatic carbocycles. The molecule has 1 aromatic heterocycles. The molecule has 112 valence electrons. The van der Waals surface area contributed by atoms with Crippen molar-refractivity contribution in [2.45, 2.75) is 37.9 Å². The Balaban J connectivity index is 1.78. The average molecular weight is 302 g/mol. The van der Waals surface area contributed by atoms with Crippen molar-refractivity contribution < 1.29 is 0 Å². The number of nitrogens with zero attached hydrogens (tertiary/aromatic N) is 3. The van der Waals surface area contributed by atoms with E-state index >= 15 is 0 Å². The van der Waals surface area contributed by atoms with E-state index in [0.717, 1.165) is 24.5 Å². The largest absolute Gasteiger partial charge is 0.324 e. The van der Waals surface area contributed by atoms with Gasteiger partial charge in [0.1, 0.15) is 5.03 Å². The molecule has 0 saturated heterocycles. The van der Waals surface area contributed by atoms with Crippen LogP contribution in [0.5, 0.6) is 0 Å². The lowest BCUT2D eigenvalue weighted by Gasteiger charge is -2.27. The quantitative estimate of drug-likeness (QED) is 0.875. The Hall–Kier alpha value is -1.46. The summed E-state index contributed by atoms with van der Waals surface area (Å²) in [6.45, 7) is 6.46. The number of fused-ring (bicyclic) bond motifs is 1. The molecular formula is C16H22N4S. The number of anilines is 1. The second-order valence-corrected chi connectivity index (χ2v) is 6.67. The van der Waals surface area contributed by atoms with Crippen molar-refractivity contribution in [1.29, 1.82) is 0 Å². The standard InChI is InChI=1S/C16H22N4S/c1-12(2)20-16(7-9-17-20)21-18-15-6-4-5-13-8-10-19(3)11-14(13)15/h4-7,9,12,18H,8,10-11H2,1-3H3. The molecule has 2 heterocycles. The zero-order chi connectivity index (χ0) is 14.8. The highest BCUT2D eigenvalue weighted by atomic mass is 32.2. The number of likely N-dealkylation sites (N-methyl/N-ethyl adjacent to an activating group) is 1. The van der Waals surface area contributed by atoms with Gasteiger partial charge in [-0.25, -0.2) is 0 Å². The van der Waals surface area contributed by atoms with Gasteiger partial charge in [0.05, 0.1) is 6.20 Å². The Labute approximate surface area is 130 Å². The Morgan fingerprint density at radius 3 is 2.95 bits per heavy atom. The predicted octanol–water partition coefficient (Wildman–Crippen LogP) is 3.57. The van der Waals surface area contributed by atoms with Gasteiger partial charge < -0.3 is 9.62 Å². The lowest BCUT2D eigenvalue weighted by molar-refractivity contribution is 0.313. The van der Waals surface area contributed by atoms with Gasteiger partial charge in [0.2, 0.25) is 0 Å². The fourth-order valence-electron chi connectivity index (χ4n) is 2.69. The zero-order valence-electron chi connectivity index (χ0n) is 12.8. The van der Waals surface area contributed by atoms with Crippen LogP contribution in [0.25, 0.3) is 0 Å². The number of benzene rings is 1. The summed E-state index contributed by atoms with van der Waals surface area (Å²) in [5.74, 6) is 0. The number of rotatable bonds is 4. The van der Waals surface area contributed by atoms with Gasteiger partial charge in [-0.1, -0.05) is 12.1 Å². The lowest BCUT2D eigenvalue weighted by atomic mass is 9.99. The fraction of sp³-hybridized carbons (Fsp3) is 0.438. The van der Waals surface area contributed by atoms with Crippen LogP contribution in [0.15, 0.2) is 35.5 Å². The van der Waals surface area contributed by atoms with Gasteiger partial charge in [0.25, 0.3) is 0 Å². The highest BCUT2D eigenvalue weighted by Crippen LogP contribution is 2.30. The molecule has 5 heteroatoms. The normalized spacial score (nSPS) is 15.2. The van der Waals surface area contributed by atoms with E-state index in [1.807, 2.05) is 10.9 Å². The fourth-order valence-corrected chi connectivity index (χ4v) is 3.58. The minimum atomic E-state index is 0.375. The van der Waals surface area contributed by atoms with E-state index in [4.69, 9.17) is 0 Å². The lowest BCUT2D eigenvalue weighted by Crippen LogP contribution is -2.27. The molecule has 0 spiro atoms. The third kappa shape index (κ3) is 3.09. The maximum Gasteiger partial charge on any atom is 0.115 e. The third-order valence-electron chi connectivity index (χ3n) is 3.85. The second-order valence-electron chi connectivity index (χ2n) is 5.84. The topological polar surface area (TPSA) is 33.1 Å². The van der Waals surface area contributed by atoms with Gasteiger partial charge in [-0.3, -0.25) is 4.68 Å². The van der Waals surface area contributed by atoms with Crippen molar-refractivity contribution in [2.75, 3.05) is 18.3 Å². The Bertz CT molecular complexity index is 620. The summed E-state index contributed by atoms with van der Waals surface area (Å²) in [6.07, 6.45) is 2.99. The van der Waals surface area contributed by atoms with Gasteiger partial charge in [-0.15, -0.1) is 0 Å². The van der Waals surface area contributed by atoms with Crippen molar-refractivity contribution in [3.8, 4) is 0 Å². The SMILES string of the molecule is CC(C)n1nccc1SNc1cccc2c1CN(C)CC2. The van der Waals surface area contributed by atoms with E-state index in [-0.39, 0.29) is 0 Å². The van der Waals surface area contributed by atoms with Gasteiger partial charge in [0.15, 0.2) is 0 Å². The number of hydrogen-bond acceptors (Lipinski definition) is 4. The van der Waals surface area contributed by atoms with Crippen molar-refractivity contribution in [3.05, 3.63) is 41.6 Å². The Morgan fingerprint density at radius 2 is 2.14 bits per heavy atom. The van der Waals surface area contributed by atoms with E-state index in [1.54, 1.807) is 11.9 Å². The third-order valence-corrected chi connectivity index (χ3v) is 4.71. The minimum Gasteiger partial charge on any atom is -0.324 e. The Morgan fingerprint density at radius 1 is 1.29 bits per heavy atom. The number of hydrogen-bond donors (Lipinski definition) is 1. The first kappa shape index (κ1) is 14.5. The van der Waals surface area contributed by atoms with Crippen molar-refractivity contribution >= 4 is 17.6 Å². The molecule has 2 aromatic rings. The van der Waals surface area contributed by atoms with Crippen molar-refractivity contribution in [3.63, 3.8) is 0 Å². The number of aromatic nitrogens is 2. The molecule has 0 fully saturated rings. The zero-order valence-corrected chi connectivity index (χ0v) is 13.7. The maximum absolute atomic E-state index is 4.38. The molecule has 0 amide bonds. The van der Waals surface area contributed by atoms with Crippen LogP contribution >= 0.6 is 11.9 Å². The first-order valence-corrected chi connectivity index (χ1v) is 8.22. The first-order valence-electron chi connectivity index (χ1n) is 7.41. The summed E-state index contributed by atoms with van der Waals surface area (Å²) in [6, 6.07) is 8.99. The monoisotopic (exact) mass is 302 g/mol. The maximum atomic E-state index is 4.38. The van der Waals surface area contributed by atoms with E-state index in [2.05, 4.69) is 59.9 Å². The number of nitrogens with one attached hydrogen (secondary N) is 1. The minimum absolute atomic E-state index is 0.375. The van der Waals surface area contributed by atoms with Crippen molar-refractivity contribution in [1.82, 2.24) is 14.7 Å². The van der Waals surface area contributed by atoms with Crippen LogP contribution in [0.4, 0.5) is 5.69 Å². The molecular weight excluding hydrogens is 280 g/mol. The van der Waals surface area contributed by atoms with Crippen LogP contribution in [-0.2, 0) is 13.0 Å². The molecule has 3 rings (SSSR count). The molecule has 0 unspecified atom stereocenters. The second kappa shape index (κ2) is 6.12. The van der Waals surface area contributed by atoms with Crippen LogP contribution < -0.4 is 4.72 Å². The molecule has 4 nitrogen and oxygen atoms in total. The first-order chi connectivity index (χ1) is 10.1. The van der Waals surface area contributed by atoms with Crippen LogP contribution in [0.3, 0.4) is 0 Å². The predicted molar refractivity (Wildman–Crippen MR) is 88.6 cm³/mol. The molecule has 0 saturated carbocycles. The van der Waals surface area contributed by atoms with Crippen molar-refractivity contribution in [2.24, 2.45) is 0 Å². The van der Waals surface area contributed by atoms with Gasteiger partial charge in [0, 0.05) is 36.8 Å². The molecule has 1 aliphatic heterocycles. The molecule has 1 aliphatic rings. The average Bonchev–Trinajstić information content (AvgIpc) is 2.93. The molecule has 0 bridgehead atoms. The molecule has 21 heavy (non-hydrogen) atoms. The summed E-state index contributed by atoms with van der Waals surface area (Å²) in [5, 5.41) is 5.52. The molecule has 0 radical (unpaired) electrons. The van der Waals surface area contributed by atoms with E-state index in [0.29, 0.717) is 6.04 Å². The van der Waals surface area contributed by atoms with E-state index < -0.39 is 0 Å². The summed E-state index contributed by atoms with van der Waals surface area (Å²) in [7, 11) is 2.18.